The van der Waals surface area contributed by atoms with Gasteiger partial charge in [-0.25, -0.2) is 4.79 Å². The highest BCUT2D eigenvalue weighted by Crippen LogP contribution is 2.37. The van der Waals surface area contributed by atoms with Gasteiger partial charge in [-0.2, -0.15) is 0 Å². The average molecular weight is 444 g/mol. The number of amides is 2. The molecule has 1 aromatic heterocycles. The molecule has 0 saturated carbocycles. The molecule has 1 aliphatic rings. The topological polar surface area (TPSA) is 46.5 Å². The quantitative estimate of drug-likeness (QED) is 0.405. The molecule has 0 saturated heterocycles. The summed E-state index contributed by atoms with van der Waals surface area (Å²) in [6, 6.07) is 26.8. The van der Waals surface area contributed by atoms with E-state index in [2.05, 4.69) is 28.1 Å². The molecule has 0 bridgehead atoms. The standard InChI is InChI=1S/C26H22ClN3O2/c1-32-22-14-12-21(13-15-22)28-26(31)30-17-19-5-2-3-6-23(19)29-16-4-7-24(29)25(30)18-8-10-20(27)11-9-18/h2-16,25H,17H2,1H3,(H,28,31)/t25-/m0/s1. The van der Waals surface area contributed by atoms with Crippen LogP contribution in [0.3, 0.4) is 0 Å². The minimum absolute atomic E-state index is 0.181. The molecule has 5 nitrogen and oxygen atoms in total. The fourth-order valence-corrected chi connectivity index (χ4v) is 4.33. The largest absolute Gasteiger partial charge is 0.497 e. The van der Waals surface area contributed by atoms with E-state index in [1.165, 1.54) is 0 Å². The number of hydrogen-bond donors (Lipinski definition) is 1. The highest BCUT2D eigenvalue weighted by molar-refractivity contribution is 6.30. The zero-order valence-corrected chi connectivity index (χ0v) is 18.3. The average Bonchev–Trinajstić information content (AvgIpc) is 3.25. The number of halogens is 1. The smallest absolute Gasteiger partial charge is 0.322 e. The number of nitrogens with one attached hydrogen (secondary N) is 1. The lowest BCUT2D eigenvalue weighted by molar-refractivity contribution is 0.194. The van der Waals surface area contributed by atoms with Gasteiger partial charge in [-0.3, -0.25) is 0 Å². The third-order valence-electron chi connectivity index (χ3n) is 5.75. The number of benzene rings is 3. The monoisotopic (exact) mass is 443 g/mol. The number of anilines is 1. The van der Waals surface area contributed by atoms with Crippen LogP contribution in [-0.2, 0) is 6.54 Å². The molecule has 0 fully saturated rings. The molecule has 160 valence electrons. The summed E-state index contributed by atoms with van der Waals surface area (Å²) in [7, 11) is 1.62. The van der Waals surface area contributed by atoms with Crippen molar-refractivity contribution in [3.63, 3.8) is 0 Å². The van der Waals surface area contributed by atoms with E-state index in [4.69, 9.17) is 16.3 Å². The first-order valence-electron chi connectivity index (χ1n) is 10.4. The zero-order valence-electron chi connectivity index (χ0n) is 17.5. The lowest BCUT2D eigenvalue weighted by Crippen LogP contribution is -2.37. The Kier molecular flexibility index (Phi) is 5.33. The number of methoxy groups -OCH3 is 1. The van der Waals surface area contributed by atoms with Gasteiger partial charge in [0.15, 0.2) is 0 Å². The van der Waals surface area contributed by atoms with Crippen molar-refractivity contribution in [2.45, 2.75) is 12.6 Å². The first-order chi connectivity index (χ1) is 15.6. The van der Waals surface area contributed by atoms with Gasteiger partial charge in [-0.05, 0) is 65.7 Å². The number of urea groups is 1. The molecule has 1 N–H and O–H groups in total. The van der Waals surface area contributed by atoms with E-state index in [0.717, 1.165) is 28.3 Å². The summed E-state index contributed by atoms with van der Waals surface area (Å²) in [4.78, 5) is 15.5. The summed E-state index contributed by atoms with van der Waals surface area (Å²) >= 11 is 6.16. The van der Waals surface area contributed by atoms with Gasteiger partial charge in [0.25, 0.3) is 0 Å². The van der Waals surface area contributed by atoms with Gasteiger partial charge in [-0.15, -0.1) is 0 Å². The van der Waals surface area contributed by atoms with Gasteiger partial charge in [0.1, 0.15) is 5.75 Å². The Morgan fingerprint density at radius 2 is 1.72 bits per heavy atom. The van der Waals surface area contributed by atoms with E-state index in [1.54, 1.807) is 7.11 Å². The summed E-state index contributed by atoms with van der Waals surface area (Å²) < 4.78 is 7.39. The molecule has 0 aliphatic carbocycles. The van der Waals surface area contributed by atoms with Crippen LogP contribution >= 0.6 is 11.6 Å². The molecule has 1 aliphatic heterocycles. The molecule has 2 amide bonds. The van der Waals surface area contributed by atoms with Gasteiger partial charge in [-0.1, -0.05) is 41.9 Å². The molecular weight excluding hydrogens is 422 g/mol. The Labute approximate surface area is 191 Å². The van der Waals surface area contributed by atoms with E-state index >= 15 is 0 Å². The molecule has 2 heterocycles. The van der Waals surface area contributed by atoms with Gasteiger partial charge in [0.2, 0.25) is 0 Å². The minimum atomic E-state index is -0.284. The summed E-state index contributed by atoms with van der Waals surface area (Å²) in [6.07, 6.45) is 2.04. The number of carbonyl (C=O) groups is 1. The van der Waals surface area contributed by atoms with Crippen molar-refractivity contribution in [2.24, 2.45) is 0 Å². The third kappa shape index (κ3) is 3.72. The van der Waals surface area contributed by atoms with Gasteiger partial charge >= 0.3 is 6.03 Å². The molecule has 32 heavy (non-hydrogen) atoms. The van der Waals surface area contributed by atoms with Crippen LogP contribution in [0.4, 0.5) is 10.5 Å². The molecule has 6 heteroatoms. The fraction of sp³-hybridized carbons (Fsp3) is 0.115. The summed E-state index contributed by atoms with van der Waals surface area (Å²) in [5.74, 6) is 0.739. The van der Waals surface area contributed by atoms with Crippen molar-refractivity contribution in [1.29, 1.82) is 0 Å². The van der Waals surface area contributed by atoms with Crippen LogP contribution in [0.25, 0.3) is 5.69 Å². The Morgan fingerprint density at radius 3 is 2.47 bits per heavy atom. The Balaban J connectivity index is 1.59. The van der Waals surface area contributed by atoms with Gasteiger partial charge < -0.3 is 19.5 Å². The van der Waals surface area contributed by atoms with Crippen LogP contribution in [0.5, 0.6) is 5.75 Å². The van der Waals surface area contributed by atoms with Crippen molar-refractivity contribution in [3.8, 4) is 11.4 Å². The molecular formula is C26H22ClN3O2. The van der Waals surface area contributed by atoms with E-state index in [1.807, 2.05) is 77.8 Å². The van der Waals surface area contributed by atoms with Crippen LogP contribution in [0, 0.1) is 0 Å². The van der Waals surface area contributed by atoms with Gasteiger partial charge in [0, 0.05) is 22.6 Å². The van der Waals surface area contributed by atoms with Crippen LogP contribution in [0.15, 0.2) is 91.1 Å². The van der Waals surface area contributed by atoms with Crippen LogP contribution in [0.1, 0.15) is 22.9 Å². The highest BCUT2D eigenvalue weighted by atomic mass is 35.5. The molecule has 0 spiro atoms. The second-order valence-electron chi connectivity index (χ2n) is 7.67. The SMILES string of the molecule is COc1ccc(NC(=O)N2Cc3ccccc3-n3cccc3[C@@H]2c2ccc(Cl)cc2)cc1. The lowest BCUT2D eigenvalue weighted by atomic mass is 10.0. The molecule has 0 unspecified atom stereocenters. The van der Waals surface area contributed by atoms with Crippen LogP contribution in [-0.4, -0.2) is 22.6 Å². The van der Waals surface area contributed by atoms with Crippen LogP contribution < -0.4 is 10.1 Å². The number of nitrogens with zero attached hydrogens (tertiary/aromatic N) is 2. The summed E-state index contributed by atoms with van der Waals surface area (Å²) in [5, 5.41) is 3.71. The fourth-order valence-electron chi connectivity index (χ4n) is 4.20. The maximum Gasteiger partial charge on any atom is 0.322 e. The van der Waals surface area contributed by atoms with Crippen molar-refractivity contribution >= 4 is 23.3 Å². The first-order valence-corrected chi connectivity index (χ1v) is 10.7. The van der Waals surface area contributed by atoms with Crippen molar-refractivity contribution in [1.82, 2.24) is 9.47 Å². The Hall–Kier alpha value is -3.70. The van der Waals surface area contributed by atoms with E-state index < -0.39 is 0 Å². The maximum atomic E-state index is 13.6. The van der Waals surface area contributed by atoms with E-state index in [-0.39, 0.29) is 12.1 Å². The van der Waals surface area contributed by atoms with E-state index in [0.29, 0.717) is 17.3 Å². The minimum Gasteiger partial charge on any atom is -0.497 e. The van der Waals surface area contributed by atoms with Crippen molar-refractivity contribution in [2.75, 3.05) is 12.4 Å². The number of para-hydroxylation sites is 1. The summed E-state index contributed by atoms with van der Waals surface area (Å²) in [5.41, 5.74) is 4.87. The summed E-state index contributed by atoms with van der Waals surface area (Å²) in [6.45, 7) is 0.465. The third-order valence-corrected chi connectivity index (χ3v) is 6.00. The predicted molar refractivity (Wildman–Crippen MR) is 127 cm³/mol. The maximum absolute atomic E-state index is 13.6. The van der Waals surface area contributed by atoms with E-state index in [9.17, 15) is 4.79 Å². The second kappa shape index (κ2) is 8.44. The highest BCUT2D eigenvalue weighted by Gasteiger charge is 2.33. The Bertz CT molecular complexity index is 1250. The van der Waals surface area contributed by atoms with Crippen molar-refractivity contribution in [3.05, 3.63) is 113 Å². The molecule has 3 aromatic carbocycles. The van der Waals surface area contributed by atoms with Crippen molar-refractivity contribution < 1.29 is 9.53 Å². The number of ether oxygens (including phenoxy) is 1. The molecule has 0 radical (unpaired) electrons. The molecule has 4 aromatic rings. The first kappa shape index (κ1) is 20.2. The zero-order chi connectivity index (χ0) is 22.1. The molecule has 1 atom stereocenters. The number of carbonyl (C=O) groups excluding carboxylic acids is 1. The molecule has 5 rings (SSSR count). The Morgan fingerprint density at radius 1 is 0.969 bits per heavy atom. The lowest BCUT2D eigenvalue weighted by Gasteiger charge is -2.31. The van der Waals surface area contributed by atoms with Gasteiger partial charge in [0.05, 0.1) is 25.4 Å². The predicted octanol–water partition coefficient (Wildman–Crippen LogP) is 6.28. The second-order valence-corrected chi connectivity index (χ2v) is 8.11. The number of rotatable bonds is 3. The normalized spacial score (nSPS) is 14.8. The number of fused-ring (bicyclic) bond motifs is 3. The van der Waals surface area contributed by atoms with Crippen LogP contribution in [0.2, 0.25) is 5.02 Å². The number of aromatic nitrogens is 1. The number of hydrogen-bond acceptors (Lipinski definition) is 2.